The number of hydrogen-bond donors (Lipinski definition) is 2. The lowest BCUT2D eigenvalue weighted by atomic mass is 9.92. The van der Waals surface area contributed by atoms with E-state index in [0.29, 0.717) is 18.6 Å². The summed E-state index contributed by atoms with van der Waals surface area (Å²) in [7, 11) is 1.97. The van der Waals surface area contributed by atoms with Crippen LogP contribution in [0.4, 0.5) is 0 Å². The molecule has 0 aliphatic rings. The molecule has 0 aliphatic carbocycles. The fourth-order valence-corrected chi connectivity index (χ4v) is 1.61. The first-order valence-electron chi connectivity index (χ1n) is 4.58. The molecule has 0 radical (unpaired) electrons. The predicted molar refractivity (Wildman–Crippen MR) is 48.6 cm³/mol. The molecule has 0 bridgehead atoms. The first-order chi connectivity index (χ1) is 5.29. The Labute approximate surface area is 70.0 Å². The standard InChI is InChI=1S/C9H21NO/c1-4-8(5-2)9(10-3)6-7-11/h8-11H,4-7H2,1-3H3. The molecule has 0 aromatic carbocycles. The van der Waals surface area contributed by atoms with Crippen LogP contribution in [0.2, 0.25) is 0 Å². The van der Waals surface area contributed by atoms with Gasteiger partial charge >= 0.3 is 0 Å². The average Bonchev–Trinajstić information content (AvgIpc) is 2.05. The Kier molecular flexibility index (Phi) is 6.57. The Morgan fingerprint density at radius 3 is 2.09 bits per heavy atom. The molecule has 68 valence electrons. The highest BCUT2D eigenvalue weighted by molar-refractivity contribution is 4.72. The van der Waals surface area contributed by atoms with Crippen LogP contribution in [0.1, 0.15) is 33.1 Å². The van der Waals surface area contributed by atoms with Gasteiger partial charge in [0.2, 0.25) is 0 Å². The van der Waals surface area contributed by atoms with Gasteiger partial charge in [-0.15, -0.1) is 0 Å². The molecule has 0 fully saturated rings. The van der Waals surface area contributed by atoms with Crippen molar-refractivity contribution < 1.29 is 5.11 Å². The highest BCUT2D eigenvalue weighted by Gasteiger charge is 2.14. The molecule has 2 N–H and O–H groups in total. The molecule has 0 spiro atoms. The topological polar surface area (TPSA) is 32.3 Å². The molecule has 11 heavy (non-hydrogen) atoms. The van der Waals surface area contributed by atoms with Crippen LogP contribution in [0.3, 0.4) is 0 Å². The van der Waals surface area contributed by atoms with Gasteiger partial charge in [-0.25, -0.2) is 0 Å². The van der Waals surface area contributed by atoms with Crippen LogP contribution in [0.25, 0.3) is 0 Å². The van der Waals surface area contributed by atoms with Crippen LogP contribution in [-0.2, 0) is 0 Å². The minimum atomic E-state index is 0.294. The van der Waals surface area contributed by atoms with E-state index in [2.05, 4.69) is 19.2 Å². The molecule has 2 heteroatoms. The number of rotatable bonds is 6. The van der Waals surface area contributed by atoms with Gasteiger partial charge in [-0.3, -0.25) is 0 Å². The molecule has 1 atom stereocenters. The van der Waals surface area contributed by atoms with Gasteiger partial charge < -0.3 is 10.4 Å². The van der Waals surface area contributed by atoms with Gasteiger partial charge in [0, 0.05) is 12.6 Å². The number of hydrogen-bond acceptors (Lipinski definition) is 2. The molecular weight excluding hydrogens is 138 g/mol. The van der Waals surface area contributed by atoms with E-state index in [1.807, 2.05) is 7.05 Å². The van der Waals surface area contributed by atoms with Crippen molar-refractivity contribution in [2.24, 2.45) is 5.92 Å². The lowest BCUT2D eigenvalue weighted by Crippen LogP contribution is -2.33. The van der Waals surface area contributed by atoms with Crippen LogP contribution in [-0.4, -0.2) is 24.8 Å². The summed E-state index contributed by atoms with van der Waals surface area (Å²) in [6, 6.07) is 0.495. The minimum absolute atomic E-state index is 0.294. The Hall–Kier alpha value is -0.0800. The summed E-state index contributed by atoms with van der Waals surface area (Å²) in [6.45, 7) is 4.70. The second-order valence-corrected chi connectivity index (χ2v) is 2.98. The zero-order valence-electron chi connectivity index (χ0n) is 7.93. The van der Waals surface area contributed by atoms with Crippen molar-refractivity contribution in [3.8, 4) is 0 Å². The average molecular weight is 159 g/mol. The monoisotopic (exact) mass is 159 g/mol. The van der Waals surface area contributed by atoms with E-state index >= 15 is 0 Å². The first kappa shape index (κ1) is 10.9. The fourth-order valence-electron chi connectivity index (χ4n) is 1.61. The summed E-state index contributed by atoms with van der Waals surface area (Å²) in [4.78, 5) is 0. The largest absolute Gasteiger partial charge is 0.396 e. The normalized spacial score (nSPS) is 13.9. The van der Waals surface area contributed by atoms with Gasteiger partial charge in [-0.1, -0.05) is 26.7 Å². The summed E-state index contributed by atoms with van der Waals surface area (Å²) in [5, 5.41) is 12.0. The summed E-state index contributed by atoms with van der Waals surface area (Å²) in [5.74, 6) is 0.715. The van der Waals surface area contributed by atoms with Gasteiger partial charge in [0.25, 0.3) is 0 Å². The maximum atomic E-state index is 8.77. The molecule has 0 aromatic heterocycles. The van der Waals surface area contributed by atoms with Crippen molar-refractivity contribution in [2.75, 3.05) is 13.7 Å². The molecular formula is C9H21NO. The van der Waals surface area contributed by atoms with Crippen molar-refractivity contribution in [3.63, 3.8) is 0 Å². The highest BCUT2D eigenvalue weighted by atomic mass is 16.3. The maximum Gasteiger partial charge on any atom is 0.0445 e. The lowest BCUT2D eigenvalue weighted by molar-refractivity contribution is 0.234. The molecule has 0 rings (SSSR count). The minimum Gasteiger partial charge on any atom is -0.396 e. The highest BCUT2D eigenvalue weighted by Crippen LogP contribution is 2.14. The van der Waals surface area contributed by atoms with Crippen LogP contribution in [0, 0.1) is 5.92 Å². The SMILES string of the molecule is CCC(CC)C(CCO)NC. The Morgan fingerprint density at radius 1 is 1.27 bits per heavy atom. The van der Waals surface area contributed by atoms with Gasteiger partial charge in [-0.2, -0.15) is 0 Å². The Balaban J connectivity index is 3.76. The van der Waals surface area contributed by atoms with E-state index in [9.17, 15) is 0 Å². The van der Waals surface area contributed by atoms with Gasteiger partial charge in [0.05, 0.1) is 0 Å². The second kappa shape index (κ2) is 6.62. The van der Waals surface area contributed by atoms with Gasteiger partial charge in [0.15, 0.2) is 0 Å². The third-order valence-corrected chi connectivity index (χ3v) is 2.43. The van der Waals surface area contributed by atoms with E-state index in [0.717, 1.165) is 6.42 Å². The fraction of sp³-hybridized carbons (Fsp3) is 1.00. The number of aliphatic hydroxyl groups excluding tert-OH is 1. The molecule has 0 saturated carbocycles. The van der Waals surface area contributed by atoms with E-state index < -0.39 is 0 Å². The predicted octanol–water partition coefficient (Wildman–Crippen LogP) is 1.39. The third kappa shape index (κ3) is 3.73. The first-order valence-corrected chi connectivity index (χ1v) is 4.58. The summed E-state index contributed by atoms with van der Waals surface area (Å²) in [6.07, 6.45) is 3.27. The molecule has 0 heterocycles. The molecule has 1 unspecified atom stereocenters. The summed E-state index contributed by atoms with van der Waals surface area (Å²) in [5.41, 5.74) is 0. The number of aliphatic hydroxyl groups is 1. The van der Waals surface area contributed by atoms with Crippen molar-refractivity contribution in [1.29, 1.82) is 0 Å². The second-order valence-electron chi connectivity index (χ2n) is 2.98. The van der Waals surface area contributed by atoms with Crippen molar-refractivity contribution in [2.45, 2.75) is 39.2 Å². The van der Waals surface area contributed by atoms with Crippen LogP contribution < -0.4 is 5.32 Å². The van der Waals surface area contributed by atoms with Crippen molar-refractivity contribution in [3.05, 3.63) is 0 Å². The van der Waals surface area contributed by atoms with E-state index in [-0.39, 0.29) is 0 Å². The molecule has 0 amide bonds. The van der Waals surface area contributed by atoms with Crippen LogP contribution >= 0.6 is 0 Å². The zero-order chi connectivity index (χ0) is 8.69. The third-order valence-electron chi connectivity index (χ3n) is 2.43. The summed E-state index contributed by atoms with van der Waals surface area (Å²) >= 11 is 0. The van der Waals surface area contributed by atoms with E-state index in [1.165, 1.54) is 12.8 Å². The van der Waals surface area contributed by atoms with Crippen LogP contribution in [0.5, 0.6) is 0 Å². The molecule has 2 nitrogen and oxygen atoms in total. The zero-order valence-corrected chi connectivity index (χ0v) is 7.93. The smallest absolute Gasteiger partial charge is 0.0445 e. The number of nitrogens with one attached hydrogen (secondary N) is 1. The summed E-state index contributed by atoms with van der Waals surface area (Å²) < 4.78 is 0. The van der Waals surface area contributed by atoms with Crippen molar-refractivity contribution >= 4 is 0 Å². The van der Waals surface area contributed by atoms with Gasteiger partial charge in [0.1, 0.15) is 0 Å². The molecule has 0 saturated heterocycles. The van der Waals surface area contributed by atoms with Gasteiger partial charge in [-0.05, 0) is 19.4 Å². The van der Waals surface area contributed by atoms with E-state index in [4.69, 9.17) is 5.11 Å². The van der Waals surface area contributed by atoms with Crippen molar-refractivity contribution in [1.82, 2.24) is 5.32 Å². The molecule has 0 aliphatic heterocycles. The Morgan fingerprint density at radius 2 is 1.82 bits per heavy atom. The quantitative estimate of drug-likeness (QED) is 0.614. The van der Waals surface area contributed by atoms with E-state index in [1.54, 1.807) is 0 Å². The molecule has 0 aromatic rings. The van der Waals surface area contributed by atoms with Crippen LogP contribution in [0.15, 0.2) is 0 Å². The lowest BCUT2D eigenvalue weighted by Gasteiger charge is -2.23. The Bertz CT molecular complexity index is 81.6. The maximum absolute atomic E-state index is 8.77.